The lowest BCUT2D eigenvalue weighted by molar-refractivity contribution is -0.124. The number of hydrogen-bond donors (Lipinski definition) is 1. The first-order valence-corrected chi connectivity index (χ1v) is 6.33. The number of carbonyl (C=O) groups excluding carboxylic acids is 1. The third-order valence-electron chi connectivity index (χ3n) is 2.52. The maximum atomic E-state index is 11.9. The monoisotopic (exact) mass is 308 g/mol. The van der Waals surface area contributed by atoms with Gasteiger partial charge in [0.2, 0.25) is 5.91 Å². The third kappa shape index (κ3) is 3.16. The zero-order chi connectivity index (χ0) is 13.0. The molecule has 2 rings (SSSR count). The molecule has 1 atom stereocenters. The first-order chi connectivity index (χ1) is 8.66. The van der Waals surface area contributed by atoms with Crippen LogP contribution in [0, 0.1) is 0 Å². The van der Waals surface area contributed by atoms with E-state index in [1.807, 2.05) is 18.2 Å². The Labute approximate surface area is 113 Å². The molecule has 2 aromatic rings. The summed E-state index contributed by atoms with van der Waals surface area (Å²) in [6.07, 6.45) is 5.13. The molecule has 0 spiro atoms. The predicted molar refractivity (Wildman–Crippen MR) is 70.7 cm³/mol. The fourth-order valence-corrected chi connectivity index (χ4v) is 1.78. The SMILES string of the molecule is C[C@H](C(=O)NCc1ccccn1)n1cc(Br)cn1. The molecule has 0 aromatic carbocycles. The third-order valence-corrected chi connectivity index (χ3v) is 2.93. The van der Waals surface area contributed by atoms with Gasteiger partial charge in [-0.1, -0.05) is 6.07 Å². The summed E-state index contributed by atoms with van der Waals surface area (Å²) in [6.45, 7) is 2.22. The topological polar surface area (TPSA) is 59.8 Å². The summed E-state index contributed by atoms with van der Waals surface area (Å²) in [4.78, 5) is 16.1. The average Bonchev–Trinajstić information content (AvgIpc) is 2.83. The minimum atomic E-state index is -0.347. The molecule has 6 heteroatoms. The summed E-state index contributed by atoms with van der Waals surface area (Å²) in [6, 6.07) is 5.26. The van der Waals surface area contributed by atoms with Crippen LogP contribution in [-0.4, -0.2) is 20.7 Å². The van der Waals surface area contributed by atoms with Crippen LogP contribution in [0.3, 0.4) is 0 Å². The van der Waals surface area contributed by atoms with Gasteiger partial charge in [0, 0.05) is 12.4 Å². The second-order valence-corrected chi connectivity index (χ2v) is 4.77. The highest BCUT2D eigenvalue weighted by Crippen LogP contribution is 2.11. The van der Waals surface area contributed by atoms with Crippen molar-refractivity contribution >= 4 is 21.8 Å². The Morgan fingerprint density at radius 3 is 3.00 bits per heavy atom. The van der Waals surface area contributed by atoms with Crippen molar-refractivity contribution in [3.63, 3.8) is 0 Å². The van der Waals surface area contributed by atoms with E-state index in [1.54, 1.807) is 30.2 Å². The smallest absolute Gasteiger partial charge is 0.244 e. The van der Waals surface area contributed by atoms with E-state index >= 15 is 0 Å². The van der Waals surface area contributed by atoms with E-state index in [1.165, 1.54) is 0 Å². The zero-order valence-electron chi connectivity index (χ0n) is 9.88. The number of nitrogens with one attached hydrogen (secondary N) is 1. The Kier molecular flexibility index (Phi) is 4.09. The molecule has 0 radical (unpaired) electrons. The fraction of sp³-hybridized carbons (Fsp3) is 0.250. The van der Waals surface area contributed by atoms with Crippen molar-refractivity contribution in [2.45, 2.75) is 19.5 Å². The Morgan fingerprint density at radius 1 is 1.56 bits per heavy atom. The first kappa shape index (κ1) is 12.8. The van der Waals surface area contributed by atoms with E-state index in [0.29, 0.717) is 6.54 Å². The quantitative estimate of drug-likeness (QED) is 0.938. The van der Waals surface area contributed by atoms with E-state index < -0.39 is 0 Å². The van der Waals surface area contributed by atoms with E-state index in [2.05, 4.69) is 31.3 Å². The summed E-state index contributed by atoms with van der Waals surface area (Å²) < 4.78 is 2.46. The number of nitrogens with zero attached hydrogens (tertiary/aromatic N) is 3. The molecular weight excluding hydrogens is 296 g/mol. The summed E-state index contributed by atoms with van der Waals surface area (Å²) in [5.41, 5.74) is 0.833. The molecule has 0 saturated heterocycles. The fourth-order valence-electron chi connectivity index (χ4n) is 1.47. The lowest BCUT2D eigenvalue weighted by Crippen LogP contribution is -2.31. The summed E-state index contributed by atoms with van der Waals surface area (Å²) in [5, 5.41) is 6.91. The number of carbonyl (C=O) groups is 1. The van der Waals surface area contributed by atoms with Crippen molar-refractivity contribution in [1.29, 1.82) is 0 Å². The van der Waals surface area contributed by atoms with Crippen LogP contribution in [-0.2, 0) is 11.3 Å². The minimum Gasteiger partial charge on any atom is -0.349 e. The molecule has 0 fully saturated rings. The van der Waals surface area contributed by atoms with Crippen molar-refractivity contribution in [2.24, 2.45) is 0 Å². The average molecular weight is 309 g/mol. The van der Waals surface area contributed by atoms with Crippen LogP contribution >= 0.6 is 15.9 Å². The van der Waals surface area contributed by atoms with Crippen LogP contribution in [0.4, 0.5) is 0 Å². The number of pyridine rings is 1. The Bertz CT molecular complexity index is 526. The maximum absolute atomic E-state index is 11.9. The second kappa shape index (κ2) is 5.77. The highest BCUT2D eigenvalue weighted by Gasteiger charge is 2.15. The van der Waals surface area contributed by atoms with Crippen LogP contribution in [0.5, 0.6) is 0 Å². The van der Waals surface area contributed by atoms with E-state index in [4.69, 9.17) is 0 Å². The van der Waals surface area contributed by atoms with Crippen LogP contribution in [0.15, 0.2) is 41.3 Å². The van der Waals surface area contributed by atoms with Crippen LogP contribution < -0.4 is 5.32 Å². The van der Waals surface area contributed by atoms with Crippen molar-refractivity contribution in [3.8, 4) is 0 Å². The van der Waals surface area contributed by atoms with Gasteiger partial charge in [-0.15, -0.1) is 0 Å². The van der Waals surface area contributed by atoms with Gasteiger partial charge in [-0.3, -0.25) is 14.5 Å². The molecule has 0 unspecified atom stereocenters. The molecular formula is C12H13BrN4O. The minimum absolute atomic E-state index is 0.0868. The Hall–Kier alpha value is -1.69. The zero-order valence-corrected chi connectivity index (χ0v) is 11.5. The number of hydrogen-bond acceptors (Lipinski definition) is 3. The normalized spacial score (nSPS) is 12.1. The highest BCUT2D eigenvalue weighted by atomic mass is 79.9. The summed E-state index contributed by atoms with van der Waals surface area (Å²) >= 11 is 3.30. The number of amides is 1. The van der Waals surface area contributed by atoms with Gasteiger partial charge in [-0.05, 0) is 35.0 Å². The Balaban J connectivity index is 1.92. The Morgan fingerprint density at radius 2 is 2.39 bits per heavy atom. The summed E-state index contributed by atoms with van der Waals surface area (Å²) in [7, 11) is 0. The van der Waals surface area contributed by atoms with E-state index in [0.717, 1.165) is 10.2 Å². The lowest BCUT2D eigenvalue weighted by atomic mass is 10.3. The van der Waals surface area contributed by atoms with Gasteiger partial charge in [0.1, 0.15) is 6.04 Å². The van der Waals surface area contributed by atoms with Gasteiger partial charge in [0.15, 0.2) is 0 Å². The van der Waals surface area contributed by atoms with Gasteiger partial charge in [-0.25, -0.2) is 0 Å². The molecule has 0 aliphatic carbocycles. The van der Waals surface area contributed by atoms with E-state index in [-0.39, 0.29) is 11.9 Å². The molecule has 0 aliphatic rings. The predicted octanol–water partition coefficient (Wildman–Crippen LogP) is 1.92. The van der Waals surface area contributed by atoms with Crippen LogP contribution in [0.1, 0.15) is 18.7 Å². The van der Waals surface area contributed by atoms with Gasteiger partial charge >= 0.3 is 0 Å². The highest BCUT2D eigenvalue weighted by molar-refractivity contribution is 9.10. The summed E-state index contributed by atoms with van der Waals surface area (Å²) in [5.74, 6) is -0.0868. The number of halogens is 1. The molecule has 0 aliphatic heterocycles. The number of rotatable bonds is 4. The van der Waals surface area contributed by atoms with Crippen molar-refractivity contribution in [2.75, 3.05) is 0 Å². The largest absolute Gasteiger partial charge is 0.349 e. The molecule has 5 nitrogen and oxygen atoms in total. The first-order valence-electron chi connectivity index (χ1n) is 5.54. The molecule has 94 valence electrons. The van der Waals surface area contributed by atoms with Gasteiger partial charge in [-0.2, -0.15) is 5.10 Å². The van der Waals surface area contributed by atoms with Gasteiger partial charge in [0.05, 0.1) is 22.9 Å². The standard InChI is InChI=1S/C12H13BrN4O/c1-9(17-8-10(13)6-16-17)12(18)15-7-11-4-2-3-5-14-11/h2-6,8-9H,7H2,1H3,(H,15,18)/t9-/m1/s1. The molecule has 0 bridgehead atoms. The molecule has 1 amide bonds. The molecule has 2 aromatic heterocycles. The van der Waals surface area contributed by atoms with Crippen LogP contribution in [0.25, 0.3) is 0 Å². The maximum Gasteiger partial charge on any atom is 0.244 e. The van der Waals surface area contributed by atoms with Crippen molar-refractivity contribution < 1.29 is 4.79 Å². The second-order valence-electron chi connectivity index (χ2n) is 3.85. The van der Waals surface area contributed by atoms with E-state index in [9.17, 15) is 4.79 Å². The lowest BCUT2D eigenvalue weighted by Gasteiger charge is -2.12. The van der Waals surface area contributed by atoms with Crippen molar-refractivity contribution in [3.05, 3.63) is 47.0 Å². The van der Waals surface area contributed by atoms with Gasteiger partial charge in [0.25, 0.3) is 0 Å². The van der Waals surface area contributed by atoms with Gasteiger partial charge < -0.3 is 5.32 Å². The molecule has 2 heterocycles. The molecule has 18 heavy (non-hydrogen) atoms. The van der Waals surface area contributed by atoms with Crippen LogP contribution in [0.2, 0.25) is 0 Å². The number of aromatic nitrogens is 3. The molecule has 1 N–H and O–H groups in total. The van der Waals surface area contributed by atoms with Crippen molar-refractivity contribution in [1.82, 2.24) is 20.1 Å². The molecule has 0 saturated carbocycles.